The lowest BCUT2D eigenvalue weighted by molar-refractivity contribution is 0.0700. The third-order valence-electron chi connectivity index (χ3n) is 4.94. The second-order valence-electron chi connectivity index (χ2n) is 6.73. The van der Waals surface area contributed by atoms with Crippen molar-refractivity contribution in [3.05, 3.63) is 53.4 Å². The van der Waals surface area contributed by atoms with Crippen molar-refractivity contribution in [3.8, 4) is 5.75 Å². The Hall–Kier alpha value is -3.03. The van der Waals surface area contributed by atoms with E-state index in [2.05, 4.69) is 15.1 Å². The third kappa shape index (κ3) is 3.22. The number of nitrogens with zero attached hydrogens (tertiary/aromatic N) is 5. The van der Waals surface area contributed by atoms with E-state index in [0.717, 1.165) is 24.2 Å². The highest BCUT2D eigenvalue weighted by atomic mass is 19.1. The molecule has 1 aromatic carbocycles. The first-order valence-electron chi connectivity index (χ1n) is 8.87. The van der Waals surface area contributed by atoms with Crippen molar-refractivity contribution in [2.24, 2.45) is 0 Å². The van der Waals surface area contributed by atoms with Gasteiger partial charge in [0, 0.05) is 24.7 Å². The van der Waals surface area contributed by atoms with Crippen molar-refractivity contribution < 1.29 is 13.9 Å². The molecule has 2 aromatic heterocycles. The first kappa shape index (κ1) is 17.4. The predicted molar refractivity (Wildman–Crippen MR) is 96.3 cm³/mol. The number of aryl methyl sites for hydroxylation is 1. The summed E-state index contributed by atoms with van der Waals surface area (Å²) < 4.78 is 21.1. The fraction of sp³-hybridized carbons (Fsp3) is 0.368. The number of likely N-dealkylation sites (tertiary alicyclic amines) is 1. The summed E-state index contributed by atoms with van der Waals surface area (Å²) in [6, 6.07) is 6.20. The molecule has 0 N–H and O–H groups in total. The fourth-order valence-electron chi connectivity index (χ4n) is 3.62. The minimum absolute atomic E-state index is 0.0341. The lowest BCUT2D eigenvalue weighted by Crippen LogP contribution is -2.40. The normalized spacial score (nSPS) is 17.3. The maximum Gasteiger partial charge on any atom is 0.256 e. The van der Waals surface area contributed by atoms with Gasteiger partial charge in [0.15, 0.2) is 0 Å². The summed E-state index contributed by atoms with van der Waals surface area (Å²) >= 11 is 0. The Morgan fingerprint density at radius 2 is 2.19 bits per heavy atom. The zero-order chi connectivity index (χ0) is 19.0. The second kappa shape index (κ2) is 6.94. The number of carbonyl (C=O) groups is 1. The van der Waals surface area contributed by atoms with E-state index in [0.29, 0.717) is 24.6 Å². The van der Waals surface area contributed by atoms with E-state index in [1.54, 1.807) is 9.42 Å². The highest BCUT2D eigenvalue weighted by molar-refractivity contribution is 5.95. The third-order valence-corrected chi connectivity index (χ3v) is 4.94. The Kier molecular flexibility index (Phi) is 4.47. The van der Waals surface area contributed by atoms with Crippen molar-refractivity contribution in [2.75, 3.05) is 20.2 Å². The zero-order valence-electron chi connectivity index (χ0n) is 15.2. The van der Waals surface area contributed by atoms with Gasteiger partial charge in [0.25, 0.3) is 11.7 Å². The van der Waals surface area contributed by atoms with Crippen molar-refractivity contribution in [1.29, 1.82) is 0 Å². The molecule has 8 heteroatoms. The average Bonchev–Trinajstić information content (AvgIpc) is 3.15. The Morgan fingerprint density at radius 1 is 1.33 bits per heavy atom. The first-order valence-corrected chi connectivity index (χ1v) is 8.87. The van der Waals surface area contributed by atoms with Crippen LogP contribution in [0.15, 0.2) is 30.6 Å². The van der Waals surface area contributed by atoms with Crippen molar-refractivity contribution in [3.63, 3.8) is 0 Å². The quantitative estimate of drug-likeness (QED) is 0.710. The van der Waals surface area contributed by atoms with Gasteiger partial charge in [0.2, 0.25) is 0 Å². The number of hydrogen-bond acceptors (Lipinski definition) is 5. The number of amides is 1. The Bertz CT molecular complexity index is 1000. The minimum Gasteiger partial charge on any atom is -0.497 e. The SMILES string of the molecule is COc1ccc(F)c(C(=O)N2CCCC(c3cc(C)nc4ncnn34)C2)c1. The van der Waals surface area contributed by atoms with Crippen LogP contribution in [-0.4, -0.2) is 50.6 Å². The molecule has 4 rings (SSSR count). The van der Waals surface area contributed by atoms with Crippen LogP contribution >= 0.6 is 0 Å². The summed E-state index contributed by atoms with van der Waals surface area (Å²) in [6.45, 7) is 3.00. The minimum atomic E-state index is -0.540. The molecular weight excluding hydrogens is 349 g/mol. The van der Waals surface area contributed by atoms with E-state index < -0.39 is 5.82 Å². The molecule has 1 fully saturated rings. The van der Waals surface area contributed by atoms with Crippen LogP contribution in [0.2, 0.25) is 0 Å². The summed E-state index contributed by atoms with van der Waals surface area (Å²) in [6.07, 6.45) is 3.23. The first-order chi connectivity index (χ1) is 13.1. The van der Waals surface area contributed by atoms with Gasteiger partial charge in [-0.1, -0.05) is 0 Å². The van der Waals surface area contributed by atoms with Gasteiger partial charge in [-0.3, -0.25) is 4.79 Å². The number of hydrogen-bond donors (Lipinski definition) is 0. The molecule has 1 amide bonds. The summed E-state index contributed by atoms with van der Waals surface area (Å²) in [5.74, 6) is 0.231. The molecule has 1 aliphatic rings. The lowest BCUT2D eigenvalue weighted by Gasteiger charge is -2.33. The Morgan fingerprint density at radius 3 is 3.00 bits per heavy atom. The van der Waals surface area contributed by atoms with Gasteiger partial charge in [-0.2, -0.15) is 10.1 Å². The maximum atomic E-state index is 14.2. The van der Waals surface area contributed by atoms with Crippen LogP contribution in [0, 0.1) is 12.7 Å². The van der Waals surface area contributed by atoms with Gasteiger partial charge >= 0.3 is 0 Å². The van der Waals surface area contributed by atoms with E-state index in [9.17, 15) is 9.18 Å². The summed E-state index contributed by atoms with van der Waals surface area (Å²) in [5.41, 5.74) is 1.86. The lowest BCUT2D eigenvalue weighted by atomic mass is 9.93. The van der Waals surface area contributed by atoms with Gasteiger partial charge in [-0.05, 0) is 44.0 Å². The number of fused-ring (bicyclic) bond motifs is 1. The number of halogens is 1. The molecule has 140 valence electrons. The number of benzene rings is 1. The summed E-state index contributed by atoms with van der Waals surface area (Å²) in [7, 11) is 1.49. The molecule has 27 heavy (non-hydrogen) atoms. The largest absolute Gasteiger partial charge is 0.497 e. The number of ether oxygens (including phenoxy) is 1. The molecule has 1 atom stereocenters. The van der Waals surface area contributed by atoms with Crippen LogP contribution in [-0.2, 0) is 0 Å². The molecule has 0 radical (unpaired) electrons. The number of carbonyl (C=O) groups excluding carboxylic acids is 1. The summed E-state index contributed by atoms with van der Waals surface area (Å²) in [4.78, 5) is 23.2. The van der Waals surface area contributed by atoms with Crippen molar-refractivity contribution in [1.82, 2.24) is 24.5 Å². The molecule has 1 unspecified atom stereocenters. The number of methoxy groups -OCH3 is 1. The highest BCUT2D eigenvalue weighted by Crippen LogP contribution is 2.29. The van der Waals surface area contributed by atoms with E-state index >= 15 is 0 Å². The maximum absolute atomic E-state index is 14.2. The predicted octanol–water partition coefficient (Wildman–Crippen LogP) is 2.60. The summed E-state index contributed by atoms with van der Waals surface area (Å²) in [5, 5.41) is 4.26. The standard InChI is InChI=1S/C19H20FN5O2/c1-12-8-17(25-19(23-12)21-11-22-25)13-4-3-7-24(10-13)18(26)15-9-14(27-2)5-6-16(15)20/h5-6,8-9,11,13H,3-4,7,10H2,1-2H3. The Labute approximate surface area is 155 Å². The van der Waals surface area contributed by atoms with E-state index in [1.165, 1.54) is 31.6 Å². The highest BCUT2D eigenvalue weighted by Gasteiger charge is 2.29. The molecular formula is C19H20FN5O2. The van der Waals surface area contributed by atoms with Gasteiger partial charge in [-0.15, -0.1) is 0 Å². The molecule has 3 aromatic rings. The van der Waals surface area contributed by atoms with E-state index in [-0.39, 0.29) is 17.4 Å². The molecule has 7 nitrogen and oxygen atoms in total. The van der Waals surface area contributed by atoms with Crippen LogP contribution in [0.5, 0.6) is 5.75 Å². The zero-order valence-corrected chi connectivity index (χ0v) is 15.2. The molecule has 1 saturated heterocycles. The van der Waals surface area contributed by atoms with Gasteiger partial charge in [-0.25, -0.2) is 13.9 Å². The molecule has 1 aliphatic heterocycles. The molecule has 3 heterocycles. The van der Waals surface area contributed by atoms with Crippen LogP contribution < -0.4 is 4.74 Å². The van der Waals surface area contributed by atoms with Crippen LogP contribution in [0.1, 0.15) is 40.5 Å². The molecule has 0 saturated carbocycles. The topological polar surface area (TPSA) is 72.6 Å². The van der Waals surface area contributed by atoms with E-state index in [1.807, 2.05) is 13.0 Å². The van der Waals surface area contributed by atoms with E-state index in [4.69, 9.17) is 4.74 Å². The van der Waals surface area contributed by atoms with Crippen molar-refractivity contribution in [2.45, 2.75) is 25.7 Å². The average molecular weight is 369 g/mol. The number of rotatable bonds is 3. The number of aromatic nitrogens is 4. The monoisotopic (exact) mass is 369 g/mol. The van der Waals surface area contributed by atoms with Crippen LogP contribution in [0.4, 0.5) is 4.39 Å². The fourth-order valence-corrected chi connectivity index (χ4v) is 3.62. The van der Waals surface area contributed by atoms with Gasteiger partial charge < -0.3 is 9.64 Å². The molecule has 0 spiro atoms. The van der Waals surface area contributed by atoms with Gasteiger partial charge in [0.05, 0.1) is 18.4 Å². The second-order valence-corrected chi connectivity index (χ2v) is 6.73. The Balaban J connectivity index is 1.63. The molecule has 0 aliphatic carbocycles. The van der Waals surface area contributed by atoms with Crippen LogP contribution in [0.3, 0.4) is 0 Å². The van der Waals surface area contributed by atoms with Gasteiger partial charge in [0.1, 0.15) is 17.9 Å². The smallest absolute Gasteiger partial charge is 0.256 e. The molecule has 0 bridgehead atoms. The number of piperidine rings is 1. The van der Waals surface area contributed by atoms with Crippen molar-refractivity contribution >= 4 is 11.7 Å². The van der Waals surface area contributed by atoms with Crippen LogP contribution in [0.25, 0.3) is 5.78 Å².